The van der Waals surface area contributed by atoms with Crippen molar-refractivity contribution in [3.8, 4) is 28.4 Å². The van der Waals surface area contributed by atoms with Gasteiger partial charge >= 0.3 is 5.97 Å². The van der Waals surface area contributed by atoms with Gasteiger partial charge in [-0.1, -0.05) is 43.7 Å². The van der Waals surface area contributed by atoms with Crippen LogP contribution in [0.15, 0.2) is 54.6 Å². The predicted octanol–water partition coefficient (Wildman–Crippen LogP) is 6.21. The molecule has 0 fully saturated rings. The van der Waals surface area contributed by atoms with Crippen LogP contribution in [0.1, 0.15) is 46.8 Å². The average Bonchev–Trinajstić information content (AvgIpc) is 2.83. The quantitative estimate of drug-likeness (QED) is 0.378. The molecule has 0 heterocycles. The van der Waals surface area contributed by atoms with Gasteiger partial charge in [-0.05, 0) is 77.8 Å². The third-order valence-corrected chi connectivity index (χ3v) is 5.82. The summed E-state index contributed by atoms with van der Waals surface area (Å²) in [6, 6.07) is 17.7. The Balaban J connectivity index is 1.93. The second-order valence-corrected chi connectivity index (χ2v) is 7.97. The summed E-state index contributed by atoms with van der Waals surface area (Å²) in [6.07, 6.45) is 4.78. The Morgan fingerprint density at radius 2 is 1.42 bits per heavy atom. The number of methoxy groups -OCH3 is 3. The molecule has 0 radical (unpaired) electrons. The molecule has 0 aliphatic heterocycles. The highest BCUT2D eigenvalue weighted by molar-refractivity contribution is 5.87. The number of carboxylic acid groups (broad SMARTS) is 1. The molecule has 5 nitrogen and oxygen atoms in total. The first-order valence-electron chi connectivity index (χ1n) is 11.3. The fourth-order valence-corrected chi connectivity index (χ4v) is 4.23. The molecule has 3 aromatic rings. The first-order valence-corrected chi connectivity index (χ1v) is 11.3. The van der Waals surface area contributed by atoms with Crippen LogP contribution in [0.5, 0.6) is 17.2 Å². The van der Waals surface area contributed by atoms with E-state index in [4.69, 9.17) is 19.3 Å². The van der Waals surface area contributed by atoms with Gasteiger partial charge in [0.15, 0.2) is 11.5 Å². The summed E-state index contributed by atoms with van der Waals surface area (Å²) in [5.74, 6) is 0.970. The number of aryl methyl sites for hydroxylation is 3. The summed E-state index contributed by atoms with van der Waals surface area (Å²) in [5, 5.41) is 9.09. The van der Waals surface area contributed by atoms with E-state index in [1.165, 1.54) is 16.7 Å². The molecule has 0 saturated heterocycles. The molecule has 1 N–H and O–H groups in total. The van der Waals surface area contributed by atoms with Gasteiger partial charge in [0.25, 0.3) is 0 Å². The van der Waals surface area contributed by atoms with Gasteiger partial charge in [-0.3, -0.25) is 0 Å². The highest BCUT2D eigenvalue weighted by Crippen LogP contribution is 2.43. The summed E-state index contributed by atoms with van der Waals surface area (Å²) < 4.78 is 16.7. The summed E-state index contributed by atoms with van der Waals surface area (Å²) in [6.45, 7) is 2.19. The van der Waals surface area contributed by atoms with Crippen molar-refractivity contribution in [2.75, 3.05) is 21.3 Å². The summed E-state index contributed by atoms with van der Waals surface area (Å²) in [4.78, 5) is 11.1. The molecule has 0 aliphatic rings. The van der Waals surface area contributed by atoms with Crippen LogP contribution in [0.25, 0.3) is 11.1 Å². The second-order valence-electron chi connectivity index (χ2n) is 7.97. The van der Waals surface area contributed by atoms with Gasteiger partial charge in [-0.25, -0.2) is 4.79 Å². The first kappa shape index (κ1) is 24.2. The van der Waals surface area contributed by atoms with Crippen molar-refractivity contribution >= 4 is 5.97 Å². The summed E-state index contributed by atoms with van der Waals surface area (Å²) >= 11 is 0. The Bertz CT molecular complexity index is 1060. The Hall–Kier alpha value is -3.47. The average molecular weight is 449 g/mol. The molecule has 0 spiro atoms. The minimum absolute atomic E-state index is 0.315. The van der Waals surface area contributed by atoms with E-state index in [1.54, 1.807) is 33.5 Å². The zero-order valence-electron chi connectivity index (χ0n) is 19.8. The van der Waals surface area contributed by atoms with Crippen molar-refractivity contribution in [3.05, 3.63) is 76.9 Å². The number of hydrogen-bond acceptors (Lipinski definition) is 4. The normalized spacial score (nSPS) is 10.7. The van der Waals surface area contributed by atoms with Gasteiger partial charge in [0.05, 0.1) is 26.9 Å². The number of benzene rings is 3. The van der Waals surface area contributed by atoms with Crippen LogP contribution < -0.4 is 14.2 Å². The lowest BCUT2D eigenvalue weighted by molar-refractivity contribution is 0.0697. The molecular weight excluding hydrogens is 416 g/mol. The van der Waals surface area contributed by atoms with Crippen LogP contribution in [0.2, 0.25) is 0 Å². The number of aromatic carboxylic acids is 1. The van der Waals surface area contributed by atoms with Gasteiger partial charge in [-0.15, -0.1) is 0 Å². The van der Waals surface area contributed by atoms with E-state index >= 15 is 0 Å². The molecule has 0 atom stereocenters. The highest BCUT2D eigenvalue weighted by atomic mass is 16.5. The van der Waals surface area contributed by atoms with Crippen LogP contribution in [-0.2, 0) is 19.3 Å². The van der Waals surface area contributed by atoms with Gasteiger partial charge in [0, 0.05) is 0 Å². The van der Waals surface area contributed by atoms with E-state index in [1.807, 2.05) is 24.3 Å². The maximum Gasteiger partial charge on any atom is 0.335 e. The smallest absolute Gasteiger partial charge is 0.335 e. The lowest BCUT2D eigenvalue weighted by atomic mass is 9.89. The van der Waals surface area contributed by atoms with Crippen LogP contribution in [0.3, 0.4) is 0 Å². The van der Waals surface area contributed by atoms with E-state index in [9.17, 15) is 4.79 Å². The van der Waals surface area contributed by atoms with Crippen LogP contribution in [-0.4, -0.2) is 32.4 Å². The lowest BCUT2D eigenvalue weighted by Crippen LogP contribution is -2.01. The molecule has 3 rings (SSSR count). The third kappa shape index (κ3) is 5.67. The van der Waals surface area contributed by atoms with Crippen molar-refractivity contribution in [2.45, 2.75) is 39.0 Å². The van der Waals surface area contributed by atoms with E-state index in [-0.39, 0.29) is 0 Å². The summed E-state index contributed by atoms with van der Waals surface area (Å²) in [7, 11) is 4.88. The van der Waals surface area contributed by atoms with Crippen molar-refractivity contribution < 1.29 is 24.1 Å². The number of ether oxygens (including phenoxy) is 3. The fourth-order valence-electron chi connectivity index (χ4n) is 4.23. The minimum atomic E-state index is -0.899. The van der Waals surface area contributed by atoms with E-state index in [0.29, 0.717) is 22.8 Å². The van der Waals surface area contributed by atoms with Crippen LogP contribution >= 0.6 is 0 Å². The van der Waals surface area contributed by atoms with Crippen LogP contribution in [0, 0.1) is 0 Å². The Kier molecular flexibility index (Phi) is 8.36. The molecular formula is C28H32O5. The molecule has 174 valence electrons. The predicted molar refractivity (Wildman–Crippen MR) is 131 cm³/mol. The first-order chi connectivity index (χ1) is 16.0. The van der Waals surface area contributed by atoms with Crippen molar-refractivity contribution in [1.82, 2.24) is 0 Å². The molecule has 0 aromatic heterocycles. The zero-order valence-corrected chi connectivity index (χ0v) is 19.8. The number of hydrogen-bond donors (Lipinski definition) is 1. The fraction of sp³-hybridized carbons (Fsp3) is 0.321. The summed E-state index contributed by atoms with van der Waals surface area (Å²) in [5.41, 5.74) is 6.30. The number of carboxylic acids is 1. The lowest BCUT2D eigenvalue weighted by Gasteiger charge is -2.19. The SMILES string of the molecule is CCCc1cccc(CCCc2ccc(C(=O)O)cc2)c1-c1cc(OC)c(OC)c(OC)c1. The maximum atomic E-state index is 11.1. The van der Waals surface area contributed by atoms with Gasteiger partial charge in [0.2, 0.25) is 5.75 Å². The third-order valence-electron chi connectivity index (χ3n) is 5.82. The standard InChI is InChI=1S/C28H32O5/c1-5-8-20-11-7-12-21(10-6-9-19-13-15-22(16-14-19)28(29)30)26(20)23-17-24(31-2)27(33-4)25(18-23)32-3/h7,11-18H,5-6,8-10H2,1-4H3,(H,29,30). The van der Waals surface area contributed by atoms with Gasteiger partial charge in [-0.2, -0.15) is 0 Å². The van der Waals surface area contributed by atoms with E-state index in [0.717, 1.165) is 43.2 Å². The Labute approximate surface area is 195 Å². The van der Waals surface area contributed by atoms with Crippen molar-refractivity contribution in [1.29, 1.82) is 0 Å². The number of carbonyl (C=O) groups is 1. The molecule has 33 heavy (non-hydrogen) atoms. The van der Waals surface area contributed by atoms with Gasteiger partial charge < -0.3 is 19.3 Å². The number of rotatable bonds is 11. The Morgan fingerprint density at radius 3 is 1.94 bits per heavy atom. The minimum Gasteiger partial charge on any atom is -0.493 e. The molecule has 3 aromatic carbocycles. The van der Waals surface area contributed by atoms with Gasteiger partial charge in [0.1, 0.15) is 0 Å². The molecule has 0 unspecified atom stereocenters. The molecule has 5 heteroatoms. The topological polar surface area (TPSA) is 65.0 Å². The Morgan fingerprint density at radius 1 is 0.818 bits per heavy atom. The molecule has 0 amide bonds. The second kappa shape index (κ2) is 11.4. The van der Waals surface area contributed by atoms with Crippen molar-refractivity contribution in [3.63, 3.8) is 0 Å². The van der Waals surface area contributed by atoms with Crippen LogP contribution in [0.4, 0.5) is 0 Å². The van der Waals surface area contributed by atoms with Crippen molar-refractivity contribution in [2.24, 2.45) is 0 Å². The molecule has 0 saturated carbocycles. The molecule has 0 bridgehead atoms. The van der Waals surface area contributed by atoms with E-state index in [2.05, 4.69) is 25.1 Å². The largest absolute Gasteiger partial charge is 0.493 e. The molecule has 0 aliphatic carbocycles. The monoisotopic (exact) mass is 448 g/mol. The highest BCUT2D eigenvalue weighted by Gasteiger charge is 2.18. The zero-order chi connectivity index (χ0) is 23.8. The maximum absolute atomic E-state index is 11.1. The van der Waals surface area contributed by atoms with E-state index < -0.39 is 5.97 Å².